The number of hydrazine groups is 1. The first-order valence-electron chi connectivity index (χ1n) is 7.70. The Morgan fingerprint density at radius 2 is 2.18 bits per heavy atom. The molecule has 2 atom stereocenters. The summed E-state index contributed by atoms with van der Waals surface area (Å²) in [5.74, 6) is -1.38. The molecule has 1 aliphatic rings. The minimum Gasteiger partial charge on any atom is -0.368 e. The summed E-state index contributed by atoms with van der Waals surface area (Å²) in [6.45, 7) is 2.49. The van der Waals surface area contributed by atoms with Crippen LogP contribution in [-0.2, 0) is 19.1 Å². The van der Waals surface area contributed by atoms with Gasteiger partial charge in [0, 0.05) is 6.61 Å². The Labute approximate surface area is 130 Å². The average Bonchev–Trinajstić information content (AvgIpc) is 3.05. The van der Waals surface area contributed by atoms with Gasteiger partial charge < -0.3 is 4.74 Å². The quantitative estimate of drug-likeness (QED) is 0.246. The fourth-order valence-corrected chi connectivity index (χ4v) is 2.31. The van der Waals surface area contributed by atoms with Crippen LogP contribution in [0, 0.1) is 5.92 Å². The Morgan fingerprint density at radius 3 is 2.77 bits per heavy atom. The Morgan fingerprint density at radius 1 is 1.41 bits per heavy atom. The normalized spacial score (nSPS) is 18.5. The molecule has 0 aromatic rings. The van der Waals surface area contributed by atoms with E-state index < -0.39 is 17.9 Å². The summed E-state index contributed by atoms with van der Waals surface area (Å²) in [5.41, 5.74) is 4.68. The van der Waals surface area contributed by atoms with E-state index >= 15 is 0 Å². The molecule has 3 amide bonds. The Balaban J connectivity index is 2.42. The molecule has 126 valence electrons. The SMILES string of the molecule is CCCCC[C@H](CN(O)C=O)C(=O)NNC(=O)[C@H]1CCCO1. The molecule has 8 nitrogen and oxygen atoms in total. The molecule has 0 aromatic carbocycles. The number of ether oxygens (including phenoxy) is 1. The first kappa shape index (κ1) is 18.4. The summed E-state index contributed by atoms with van der Waals surface area (Å²) in [5, 5.41) is 9.70. The van der Waals surface area contributed by atoms with Crippen molar-refractivity contribution in [1.29, 1.82) is 0 Å². The van der Waals surface area contributed by atoms with Crippen molar-refractivity contribution in [3.05, 3.63) is 0 Å². The van der Waals surface area contributed by atoms with E-state index in [-0.39, 0.29) is 18.9 Å². The molecule has 0 unspecified atom stereocenters. The first-order valence-corrected chi connectivity index (χ1v) is 7.70. The number of nitrogens with one attached hydrogen (secondary N) is 2. The van der Waals surface area contributed by atoms with E-state index in [0.717, 1.165) is 25.7 Å². The molecule has 1 rings (SSSR count). The van der Waals surface area contributed by atoms with E-state index in [1.165, 1.54) is 0 Å². The van der Waals surface area contributed by atoms with Crippen LogP contribution in [0.4, 0.5) is 0 Å². The maximum Gasteiger partial charge on any atom is 0.267 e. The second-order valence-electron chi connectivity index (χ2n) is 5.40. The zero-order valence-corrected chi connectivity index (χ0v) is 12.9. The van der Waals surface area contributed by atoms with E-state index in [2.05, 4.69) is 10.9 Å². The van der Waals surface area contributed by atoms with Crippen LogP contribution >= 0.6 is 0 Å². The van der Waals surface area contributed by atoms with Gasteiger partial charge in [-0.25, -0.2) is 5.06 Å². The van der Waals surface area contributed by atoms with Crippen molar-refractivity contribution in [2.75, 3.05) is 13.2 Å². The van der Waals surface area contributed by atoms with Gasteiger partial charge in [-0.1, -0.05) is 26.2 Å². The molecule has 3 N–H and O–H groups in total. The van der Waals surface area contributed by atoms with E-state index in [1.807, 2.05) is 6.92 Å². The van der Waals surface area contributed by atoms with Crippen LogP contribution in [-0.4, -0.2) is 47.8 Å². The van der Waals surface area contributed by atoms with Crippen molar-refractivity contribution >= 4 is 18.2 Å². The lowest BCUT2D eigenvalue weighted by Gasteiger charge is -2.20. The standard InChI is InChI=1S/C14H25N3O5/c1-2-3-4-6-11(9-17(21)10-18)13(19)15-16-14(20)12-7-5-8-22-12/h10-12,21H,2-9H2,1H3,(H,15,19)(H,16,20)/t11-,12-/m1/s1. The molecule has 0 radical (unpaired) electrons. The second kappa shape index (κ2) is 10.1. The zero-order chi connectivity index (χ0) is 16.4. The maximum absolute atomic E-state index is 12.1. The highest BCUT2D eigenvalue weighted by molar-refractivity contribution is 5.85. The molecule has 0 aromatic heterocycles. The molecule has 0 aliphatic carbocycles. The lowest BCUT2D eigenvalue weighted by molar-refractivity contribution is -0.155. The predicted molar refractivity (Wildman–Crippen MR) is 77.4 cm³/mol. The molecule has 0 saturated carbocycles. The third-order valence-corrected chi connectivity index (χ3v) is 3.59. The molecule has 8 heteroatoms. The second-order valence-corrected chi connectivity index (χ2v) is 5.40. The zero-order valence-electron chi connectivity index (χ0n) is 12.9. The van der Waals surface area contributed by atoms with Crippen LogP contribution < -0.4 is 10.9 Å². The van der Waals surface area contributed by atoms with Crippen LogP contribution in [0.25, 0.3) is 0 Å². The van der Waals surface area contributed by atoms with Gasteiger partial charge in [-0.15, -0.1) is 0 Å². The summed E-state index contributed by atoms with van der Waals surface area (Å²) < 4.78 is 5.21. The van der Waals surface area contributed by atoms with Gasteiger partial charge in [-0.05, 0) is 19.3 Å². The lowest BCUT2D eigenvalue weighted by Crippen LogP contribution is -2.49. The van der Waals surface area contributed by atoms with Gasteiger partial charge in [0.05, 0.1) is 12.5 Å². The predicted octanol–water partition coefficient (Wildman–Crippen LogP) is 0.357. The number of rotatable bonds is 9. The lowest BCUT2D eigenvalue weighted by atomic mass is 10.0. The molecule has 1 saturated heterocycles. The minimum atomic E-state index is -0.577. The van der Waals surface area contributed by atoms with Gasteiger partial charge in [-0.3, -0.25) is 30.4 Å². The van der Waals surface area contributed by atoms with Crippen LogP contribution in [0.2, 0.25) is 0 Å². The van der Waals surface area contributed by atoms with Gasteiger partial charge in [0.2, 0.25) is 12.3 Å². The van der Waals surface area contributed by atoms with Crippen molar-refractivity contribution in [2.24, 2.45) is 5.92 Å². The van der Waals surface area contributed by atoms with Gasteiger partial charge in [-0.2, -0.15) is 0 Å². The topological polar surface area (TPSA) is 108 Å². The average molecular weight is 315 g/mol. The van der Waals surface area contributed by atoms with Crippen LogP contribution in [0.1, 0.15) is 45.4 Å². The minimum absolute atomic E-state index is 0.102. The molecule has 0 spiro atoms. The van der Waals surface area contributed by atoms with Crippen molar-refractivity contribution < 1.29 is 24.3 Å². The number of hydrogen-bond donors (Lipinski definition) is 3. The third-order valence-electron chi connectivity index (χ3n) is 3.59. The number of unbranched alkanes of at least 4 members (excludes halogenated alkanes) is 2. The van der Waals surface area contributed by atoms with Crippen LogP contribution in [0.15, 0.2) is 0 Å². The van der Waals surface area contributed by atoms with Gasteiger partial charge in [0.25, 0.3) is 5.91 Å². The van der Waals surface area contributed by atoms with Crippen molar-refractivity contribution in [2.45, 2.75) is 51.6 Å². The summed E-state index contributed by atoms with van der Waals surface area (Å²) in [7, 11) is 0. The number of carbonyl (C=O) groups excluding carboxylic acids is 3. The maximum atomic E-state index is 12.1. The molecule has 0 bridgehead atoms. The van der Waals surface area contributed by atoms with Crippen LogP contribution in [0.5, 0.6) is 0 Å². The highest BCUT2D eigenvalue weighted by atomic mass is 16.5. The Hall–Kier alpha value is -1.67. The van der Waals surface area contributed by atoms with Crippen molar-refractivity contribution in [3.8, 4) is 0 Å². The van der Waals surface area contributed by atoms with Gasteiger partial charge in [0.15, 0.2) is 0 Å². The largest absolute Gasteiger partial charge is 0.368 e. The Bertz CT molecular complexity index is 371. The smallest absolute Gasteiger partial charge is 0.267 e. The molecule has 22 heavy (non-hydrogen) atoms. The molecule has 1 aliphatic heterocycles. The molecular formula is C14H25N3O5. The Kier molecular flexibility index (Phi) is 8.46. The summed E-state index contributed by atoms with van der Waals surface area (Å²) in [6, 6.07) is 0. The van der Waals surface area contributed by atoms with Crippen molar-refractivity contribution in [1.82, 2.24) is 15.9 Å². The van der Waals surface area contributed by atoms with Crippen LogP contribution in [0.3, 0.4) is 0 Å². The molecule has 1 fully saturated rings. The third kappa shape index (κ3) is 6.40. The summed E-state index contributed by atoms with van der Waals surface area (Å²) in [4.78, 5) is 34.3. The molecular weight excluding hydrogens is 290 g/mol. The van der Waals surface area contributed by atoms with Crippen molar-refractivity contribution in [3.63, 3.8) is 0 Å². The first-order chi connectivity index (χ1) is 10.6. The summed E-state index contributed by atoms with van der Waals surface area (Å²) in [6.07, 6.45) is 4.48. The fraction of sp³-hybridized carbons (Fsp3) is 0.786. The van der Waals surface area contributed by atoms with E-state index in [0.29, 0.717) is 24.5 Å². The number of carbonyl (C=O) groups is 3. The van der Waals surface area contributed by atoms with E-state index in [1.54, 1.807) is 0 Å². The number of hydrogen-bond acceptors (Lipinski definition) is 5. The van der Waals surface area contributed by atoms with E-state index in [9.17, 15) is 19.6 Å². The highest BCUT2D eigenvalue weighted by Gasteiger charge is 2.25. The van der Waals surface area contributed by atoms with Gasteiger partial charge >= 0.3 is 0 Å². The highest BCUT2D eigenvalue weighted by Crippen LogP contribution is 2.12. The number of amides is 3. The number of hydroxylamine groups is 2. The monoisotopic (exact) mass is 315 g/mol. The fourth-order valence-electron chi connectivity index (χ4n) is 2.31. The summed E-state index contributed by atoms with van der Waals surface area (Å²) >= 11 is 0. The van der Waals surface area contributed by atoms with E-state index in [4.69, 9.17) is 4.74 Å². The van der Waals surface area contributed by atoms with Gasteiger partial charge in [0.1, 0.15) is 6.10 Å². The molecule has 1 heterocycles. The number of nitrogens with zero attached hydrogens (tertiary/aromatic N) is 1.